The minimum absolute atomic E-state index is 0.000687. The predicted molar refractivity (Wildman–Crippen MR) is 134 cm³/mol. The second-order valence-corrected chi connectivity index (χ2v) is 8.98. The molecule has 0 spiro atoms. The smallest absolute Gasteiger partial charge is 0.258 e. The van der Waals surface area contributed by atoms with Crippen molar-refractivity contribution >= 4 is 22.9 Å². The zero-order valence-corrected chi connectivity index (χ0v) is 20.9. The minimum Gasteiger partial charge on any atom is -0.504 e. The molecule has 1 aliphatic rings. The summed E-state index contributed by atoms with van der Waals surface area (Å²) in [5.41, 5.74) is 2.74. The fraction of sp³-hybridized carbons (Fsp3) is 0.320. The Morgan fingerprint density at radius 1 is 1.17 bits per heavy atom. The van der Waals surface area contributed by atoms with Crippen molar-refractivity contribution in [2.45, 2.75) is 26.8 Å². The third kappa shape index (κ3) is 4.79. The van der Waals surface area contributed by atoms with E-state index in [0.717, 1.165) is 11.3 Å². The topological polar surface area (TPSA) is 92.9 Å². The monoisotopic (exact) mass is 498 g/mol. The Bertz CT molecular complexity index is 1290. The lowest BCUT2D eigenvalue weighted by Gasteiger charge is -2.38. The number of allylic oxidation sites excluding steroid dienone is 1. The van der Waals surface area contributed by atoms with Gasteiger partial charge < -0.3 is 29.3 Å². The lowest BCUT2D eigenvalue weighted by Crippen LogP contribution is -2.47. The number of thiocarbonyl (C=S) groups is 1. The van der Waals surface area contributed by atoms with E-state index in [-0.39, 0.29) is 23.2 Å². The SMILES string of the molecule is COc1ccc(C2NC(=S)N(CC(C)C)C(C)=C2c2nc(-c3ccc(OC)c(F)c3)no2)cc1O. The molecule has 3 aromatic rings. The van der Waals surface area contributed by atoms with E-state index < -0.39 is 11.9 Å². The first kappa shape index (κ1) is 24.5. The molecule has 2 aromatic carbocycles. The Morgan fingerprint density at radius 2 is 1.89 bits per heavy atom. The number of phenols is 1. The summed E-state index contributed by atoms with van der Waals surface area (Å²) in [6.07, 6.45) is 0. The second-order valence-electron chi connectivity index (χ2n) is 8.59. The average Bonchev–Trinajstić information content (AvgIpc) is 3.31. The summed E-state index contributed by atoms with van der Waals surface area (Å²) in [6, 6.07) is 9.13. The molecule has 184 valence electrons. The van der Waals surface area contributed by atoms with Crippen LogP contribution < -0.4 is 14.8 Å². The third-order valence-electron chi connectivity index (χ3n) is 5.75. The van der Waals surface area contributed by atoms with E-state index in [2.05, 4.69) is 29.3 Å². The van der Waals surface area contributed by atoms with E-state index in [1.54, 1.807) is 18.2 Å². The Morgan fingerprint density at radius 3 is 2.51 bits per heavy atom. The zero-order chi connectivity index (χ0) is 25.3. The number of nitrogens with zero attached hydrogens (tertiary/aromatic N) is 3. The van der Waals surface area contributed by atoms with E-state index in [0.29, 0.717) is 34.5 Å². The summed E-state index contributed by atoms with van der Waals surface area (Å²) in [7, 11) is 2.89. The van der Waals surface area contributed by atoms with Gasteiger partial charge in [-0.2, -0.15) is 4.98 Å². The quantitative estimate of drug-likeness (QED) is 0.441. The fourth-order valence-corrected chi connectivity index (χ4v) is 4.36. The first-order valence-corrected chi connectivity index (χ1v) is 11.5. The van der Waals surface area contributed by atoms with Crippen LogP contribution >= 0.6 is 12.2 Å². The van der Waals surface area contributed by atoms with Crippen LogP contribution in [0.1, 0.15) is 38.3 Å². The van der Waals surface area contributed by atoms with Gasteiger partial charge in [-0.1, -0.05) is 25.1 Å². The Balaban J connectivity index is 1.81. The summed E-state index contributed by atoms with van der Waals surface area (Å²) < 4.78 is 30.1. The first-order valence-electron chi connectivity index (χ1n) is 11.1. The Hall–Kier alpha value is -3.66. The van der Waals surface area contributed by atoms with Gasteiger partial charge in [-0.3, -0.25) is 0 Å². The average molecular weight is 499 g/mol. The van der Waals surface area contributed by atoms with Crippen molar-refractivity contribution in [1.29, 1.82) is 0 Å². The largest absolute Gasteiger partial charge is 0.504 e. The van der Waals surface area contributed by atoms with Crippen LogP contribution in [-0.2, 0) is 0 Å². The lowest BCUT2D eigenvalue weighted by atomic mass is 9.94. The van der Waals surface area contributed by atoms with Gasteiger partial charge in [0.1, 0.15) is 0 Å². The van der Waals surface area contributed by atoms with Crippen LogP contribution in [0.4, 0.5) is 4.39 Å². The number of hydrogen-bond donors (Lipinski definition) is 2. The summed E-state index contributed by atoms with van der Waals surface area (Å²) in [5.74, 6) is 0.806. The molecule has 0 saturated carbocycles. The number of phenolic OH excluding ortho intramolecular Hbond substituents is 1. The lowest BCUT2D eigenvalue weighted by molar-refractivity contribution is 0.371. The van der Waals surface area contributed by atoms with Crippen molar-refractivity contribution in [3.8, 4) is 28.6 Å². The molecule has 2 N–H and O–H groups in total. The number of nitrogens with one attached hydrogen (secondary N) is 1. The van der Waals surface area contributed by atoms with Crippen molar-refractivity contribution in [2.75, 3.05) is 20.8 Å². The van der Waals surface area contributed by atoms with Crippen LogP contribution in [-0.4, -0.2) is 46.0 Å². The van der Waals surface area contributed by atoms with Gasteiger partial charge in [0, 0.05) is 17.8 Å². The van der Waals surface area contributed by atoms with E-state index in [4.69, 9.17) is 26.2 Å². The molecule has 2 heterocycles. The number of rotatable bonds is 7. The van der Waals surface area contributed by atoms with E-state index in [1.165, 1.54) is 26.4 Å². The zero-order valence-electron chi connectivity index (χ0n) is 20.1. The number of hydrogen-bond acceptors (Lipinski definition) is 7. The van der Waals surface area contributed by atoms with Crippen molar-refractivity contribution in [3.05, 3.63) is 59.4 Å². The molecular weight excluding hydrogens is 471 g/mol. The standard InChI is InChI=1S/C25H27FN4O4S/c1-13(2)12-30-14(3)21(22(27-25(30)35)15-6-9-20(33-5)18(31)11-15)24-28-23(29-34-24)16-7-8-19(32-4)17(26)10-16/h6-11,13,22,31H,12H2,1-5H3,(H,27,35). The van der Waals surface area contributed by atoms with Crippen LogP contribution in [0.2, 0.25) is 0 Å². The predicted octanol–water partition coefficient (Wildman–Crippen LogP) is 4.92. The molecule has 0 fully saturated rings. The summed E-state index contributed by atoms with van der Waals surface area (Å²) in [4.78, 5) is 6.57. The highest BCUT2D eigenvalue weighted by Crippen LogP contribution is 2.40. The second kappa shape index (κ2) is 9.91. The number of methoxy groups -OCH3 is 2. The Kier molecular flexibility index (Phi) is 6.93. The highest BCUT2D eigenvalue weighted by Gasteiger charge is 2.34. The van der Waals surface area contributed by atoms with Crippen LogP contribution in [0.15, 0.2) is 46.6 Å². The summed E-state index contributed by atoms with van der Waals surface area (Å²) in [6.45, 7) is 6.84. The number of aromatic hydroxyl groups is 1. The molecule has 0 radical (unpaired) electrons. The van der Waals surface area contributed by atoms with Crippen molar-refractivity contribution in [1.82, 2.24) is 20.4 Å². The first-order chi connectivity index (χ1) is 16.7. The maximum Gasteiger partial charge on any atom is 0.258 e. The van der Waals surface area contributed by atoms with E-state index in [1.807, 2.05) is 17.9 Å². The van der Waals surface area contributed by atoms with Gasteiger partial charge in [-0.05, 0) is 61.0 Å². The van der Waals surface area contributed by atoms with Crippen molar-refractivity contribution in [2.24, 2.45) is 5.92 Å². The third-order valence-corrected chi connectivity index (χ3v) is 6.08. The van der Waals surface area contributed by atoms with Crippen LogP contribution in [0.5, 0.6) is 17.2 Å². The number of aromatic nitrogens is 2. The molecular formula is C25H27FN4O4S. The molecule has 35 heavy (non-hydrogen) atoms. The number of halogens is 1. The van der Waals surface area contributed by atoms with Gasteiger partial charge in [0.2, 0.25) is 5.82 Å². The van der Waals surface area contributed by atoms with Gasteiger partial charge in [0.15, 0.2) is 28.2 Å². The van der Waals surface area contributed by atoms with Crippen molar-refractivity contribution in [3.63, 3.8) is 0 Å². The molecule has 1 aromatic heterocycles. The molecule has 0 bridgehead atoms. The summed E-state index contributed by atoms with van der Waals surface area (Å²) in [5, 5.41) is 18.4. The highest BCUT2D eigenvalue weighted by molar-refractivity contribution is 7.80. The molecule has 0 aliphatic carbocycles. The fourth-order valence-electron chi connectivity index (χ4n) is 4.04. The van der Waals surface area contributed by atoms with Gasteiger partial charge in [0.25, 0.3) is 5.89 Å². The number of ether oxygens (including phenoxy) is 2. The van der Waals surface area contributed by atoms with Gasteiger partial charge in [-0.25, -0.2) is 4.39 Å². The maximum atomic E-state index is 14.3. The molecule has 1 aliphatic heterocycles. The molecule has 1 atom stereocenters. The van der Waals surface area contributed by atoms with Crippen LogP contribution in [0.25, 0.3) is 17.0 Å². The molecule has 10 heteroatoms. The van der Waals surface area contributed by atoms with E-state index in [9.17, 15) is 9.50 Å². The maximum absolute atomic E-state index is 14.3. The van der Waals surface area contributed by atoms with Gasteiger partial charge in [0.05, 0.1) is 25.8 Å². The molecule has 0 amide bonds. The van der Waals surface area contributed by atoms with Crippen LogP contribution in [0.3, 0.4) is 0 Å². The summed E-state index contributed by atoms with van der Waals surface area (Å²) >= 11 is 5.68. The van der Waals surface area contributed by atoms with Gasteiger partial charge in [-0.15, -0.1) is 0 Å². The molecule has 0 saturated heterocycles. The molecule has 8 nitrogen and oxygen atoms in total. The highest BCUT2D eigenvalue weighted by atomic mass is 32.1. The molecule has 4 rings (SSSR count). The Labute approximate surface area is 208 Å². The number of benzene rings is 2. The minimum atomic E-state index is -0.522. The molecule has 1 unspecified atom stereocenters. The van der Waals surface area contributed by atoms with Crippen molar-refractivity contribution < 1.29 is 23.5 Å². The van der Waals surface area contributed by atoms with Crippen LogP contribution in [0, 0.1) is 11.7 Å². The van der Waals surface area contributed by atoms with E-state index >= 15 is 0 Å². The normalized spacial score (nSPS) is 16.0. The van der Waals surface area contributed by atoms with Gasteiger partial charge >= 0.3 is 0 Å².